The van der Waals surface area contributed by atoms with E-state index in [1.54, 1.807) is 24.3 Å². The number of benzene rings is 2. The maximum absolute atomic E-state index is 11.5. The number of rotatable bonds is 6. The molecule has 114 valence electrons. The molecule has 0 aliphatic rings. The zero-order chi connectivity index (χ0) is 16.2. The van der Waals surface area contributed by atoms with Crippen molar-refractivity contribution in [2.45, 2.75) is 18.4 Å². The van der Waals surface area contributed by atoms with E-state index in [9.17, 15) is 14.7 Å². The third-order valence-electron chi connectivity index (χ3n) is 3.52. The third-order valence-corrected chi connectivity index (χ3v) is 3.52. The molecular weight excluding hydrogens is 280 g/mol. The Morgan fingerprint density at radius 2 is 1.45 bits per heavy atom. The second-order valence-corrected chi connectivity index (χ2v) is 5.23. The van der Waals surface area contributed by atoms with E-state index in [2.05, 4.69) is 0 Å². The van der Waals surface area contributed by atoms with Gasteiger partial charge in [-0.3, -0.25) is 9.59 Å². The summed E-state index contributed by atoms with van der Waals surface area (Å²) < 4.78 is 0. The lowest BCUT2D eigenvalue weighted by Gasteiger charge is -2.23. The molecule has 5 N–H and O–H groups in total. The van der Waals surface area contributed by atoms with E-state index in [0.29, 0.717) is 0 Å². The van der Waals surface area contributed by atoms with Gasteiger partial charge in [0.25, 0.3) is 5.91 Å². The summed E-state index contributed by atoms with van der Waals surface area (Å²) in [5.41, 5.74) is 10.6. The van der Waals surface area contributed by atoms with Crippen molar-refractivity contribution < 1.29 is 14.7 Å². The Bertz CT molecular complexity index is 668. The SMILES string of the molecule is NC(=O)CC(O)(C(N)=O)c1ccc(Cc2ccccc2)cc1. The lowest BCUT2D eigenvalue weighted by molar-refractivity contribution is -0.142. The molecule has 0 radical (unpaired) electrons. The Balaban J connectivity index is 2.23. The Labute approximate surface area is 128 Å². The molecule has 2 rings (SSSR count). The zero-order valence-corrected chi connectivity index (χ0v) is 12.0. The van der Waals surface area contributed by atoms with Gasteiger partial charge in [0.2, 0.25) is 5.91 Å². The normalized spacial score (nSPS) is 13.3. The molecule has 5 nitrogen and oxygen atoms in total. The molecule has 0 aliphatic heterocycles. The standard InChI is InChI=1S/C17H18N2O3/c18-15(20)11-17(22,16(19)21)14-8-6-13(7-9-14)10-12-4-2-1-3-5-12/h1-9,22H,10-11H2,(H2,18,20)(H2,19,21). The van der Waals surface area contributed by atoms with Gasteiger partial charge in [-0.1, -0.05) is 54.6 Å². The van der Waals surface area contributed by atoms with Crippen LogP contribution in [0.25, 0.3) is 0 Å². The molecule has 2 aromatic rings. The number of carbonyl (C=O) groups excluding carboxylic acids is 2. The van der Waals surface area contributed by atoms with Crippen molar-refractivity contribution in [3.05, 3.63) is 71.3 Å². The Hall–Kier alpha value is -2.66. The number of nitrogens with two attached hydrogens (primary N) is 2. The maximum atomic E-state index is 11.5. The van der Waals surface area contributed by atoms with Gasteiger partial charge >= 0.3 is 0 Å². The Morgan fingerprint density at radius 1 is 0.909 bits per heavy atom. The molecule has 0 aliphatic carbocycles. The largest absolute Gasteiger partial charge is 0.375 e. The topological polar surface area (TPSA) is 106 Å². The number of primary amides is 2. The van der Waals surface area contributed by atoms with Gasteiger partial charge in [0.15, 0.2) is 5.60 Å². The van der Waals surface area contributed by atoms with Crippen LogP contribution in [-0.2, 0) is 21.6 Å². The second-order valence-electron chi connectivity index (χ2n) is 5.23. The van der Waals surface area contributed by atoms with Gasteiger partial charge in [-0.2, -0.15) is 0 Å². The highest BCUT2D eigenvalue weighted by Crippen LogP contribution is 2.25. The van der Waals surface area contributed by atoms with Crippen molar-refractivity contribution >= 4 is 11.8 Å². The predicted molar refractivity (Wildman–Crippen MR) is 82.6 cm³/mol. The van der Waals surface area contributed by atoms with Gasteiger partial charge in [0, 0.05) is 0 Å². The van der Waals surface area contributed by atoms with Crippen LogP contribution in [0.1, 0.15) is 23.1 Å². The molecule has 0 aromatic heterocycles. The van der Waals surface area contributed by atoms with Crippen molar-refractivity contribution in [1.82, 2.24) is 0 Å². The Kier molecular flexibility index (Phi) is 4.58. The van der Waals surface area contributed by atoms with Gasteiger partial charge in [-0.15, -0.1) is 0 Å². The van der Waals surface area contributed by atoms with Gasteiger partial charge in [-0.05, 0) is 23.1 Å². The highest BCUT2D eigenvalue weighted by molar-refractivity contribution is 5.90. The minimum absolute atomic E-state index is 0.260. The van der Waals surface area contributed by atoms with E-state index in [-0.39, 0.29) is 5.56 Å². The fourth-order valence-corrected chi connectivity index (χ4v) is 2.31. The average Bonchev–Trinajstić information content (AvgIpc) is 2.48. The molecule has 2 amide bonds. The first-order valence-corrected chi connectivity index (χ1v) is 6.86. The van der Waals surface area contributed by atoms with Crippen LogP contribution >= 0.6 is 0 Å². The van der Waals surface area contributed by atoms with Crippen LogP contribution in [0, 0.1) is 0 Å². The highest BCUT2D eigenvalue weighted by atomic mass is 16.3. The fourth-order valence-electron chi connectivity index (χ4n) is 2.31. The summed E-state index contributed by atoms with van der Waals surface area (Å²) in [6.45, 7) is 0. The molecular formula is C17H18N2O3. The first kappa shape index (κ1) is 15.7. The first-order chi connectivity index (χ1) is 10.4. The number of aliphatic hydroxyl groups is 1. The molecule has 5 heteroatoms. The molecule has 1 unspecified atom stereocenters. The van der Waals surface area contributed by atoms with E-state index in [1.165, 1.54) is 0 Å². The van der Waals surface area contributed by atoms with Crippen LogP contribution in [-0.4, -0.2) is 16.9 Å². The summed E-state index contributed by atoms with van der Waals surface area (Å²) in [5.74, 6) is -1.79. The molecule has 2 aromatic carbocycles. The third kappa shape index (κ3) is 3.51. The molecule has 0 heterocycles. The van der Waals surface area contributed by atoms with Crippen LogP contribution in [0.3, 0.4) is 0 Å². The number of hydrogen-bond donors (Lipinski definition) is 3. The van der Waals surface area contributed by atoms with Crippen LogP contribution in [0.4, 0.5) is 0 Å². The molecule has 0 saturated heterocycles. The van der Waals surface area contributed by atoms with E-state index < -0.39 is 23.8 Å². The average molecular weight is 298 g/mol. The number of hydrogen-bond acceptors (Lipinski definition) is 3. The minimum atomic E-state index is -2.07. The van der Waals surface area contributed by atoms with Crippen LogP contribution < -0.4 is 11.5 Å². The van der Waals surface area contributed by atoms with Crippen molar-refractivity contribution in [2.75, 3.05) is 0 Å². The van der Waals surface area contributed by atoms with Gasteiger partial charge < -0.3 is 16.6 Å². The molecule has 0 bridgehead atoms. The molecule has 22 heavy (non-hydrogen) atoms. The summed E-state index contributed by atoms with van der Waals surface area (Å²) in [5, 5.41) is 10.3. The zero-order valence-electron chi connectivity index (χ0n) is 12.0. The molecule has 0 spiro atoms. The van der Waals surface area contributed by atoms with E-state index in [4.69, 9.17) is 11.5 Å². The van der Waals surface area contributed by atoms with Gasteiger partial charge in [0.1, 0.15) is 0 Å². The summed E-state index contributed by atoms with van der Waals surface area (Å²) in [6, 6.07) is 16.7. The van der Waals surface area contributed by atoms with Gasteiger partial charge in [0.05, 0.1) is 6.42 Å². The van der Waals surface area contributed by atoms with E-state index in [0.717, 1.165) is 17.5 Å². The highest BCUT2D eigenvalue weighted by Gasteiger charge is 2.37. The summed E-state index contributed by atoms with van der Waals surface area (Å²) in [7, 11) is 0. The van der Waals surface area contributed by atoms with Gasteiger partial charge in [-0.25, -0.2) is 0 Å². The minimum Gasteiger partial charge on any atom is -0.375 e. The van der Waals surface area contributed by atoms with Crippen molar-refractivity contribution in [3.63, 3.8) is 0 Å². The quantitative estimate of drug-likeness (QED) is 0.735. The summed E-state index contributed by atoms with van der Waals surface area (Å²) >= 11 is 0. The number of amides is 2. The molecule has 0 saturated carbocycles. The van der Waals surface area contributed by atoms with E-state index in [1.807, 2.05) is 30.3 Å². The lowest BCUT2D eigenvalue weighted by atomic mass is 9.88. The van der Waals surface area contributed by atoms with Crippen LogP contribution in [0.2, 0.25) is 0 Å². The maximum Gasteiger partial charge on any atom is 0.254 e. The first-order valence-electron chi connectivity index (χ1n) is 6.86. The van der Waals surface area contributed by atoms with Crippen molar-refractivity contribution in [2.24, 2.45) is 11.5 Å². The monoisotopic (exact) mass is 298 g/mol. The van der Waals surface area contributed by atoms with E-state index >= 15 is 0 Å². The van der Waals surface area contributed by atoms with Crippen molar-refractivity contribution in [1.29, 1.82) is 0 Å². The van der Waals surface area contributed by atoms with Crippen LogP contribution in [0.5, 0.6) is 0 Å². The smallest absolute Gasteiger partial charge is 0.254 e. The predicted octanol–water partition coefficient (Wildman–Crippen LogP) is 0.826. The molecule has 1 atom stereocenters. The van der Waals surface area contributed by atoms with Crippen LogP contribution in [0.15, 0.2) is 54.6 Å². The summed E-state index contributed by atoms with van der Waals surface area (Å²) in [4.78, 5) is 22.6. The van der Waals surface area contributed by atoms with Crippen molar-refractivity contribution in [3.8, 4) is 0 Å². The second kappa shape index (κ2) is 6.41. The summed E-state index contributed by atoms with van der Waals surface area (Å²) in [6.07, 6.45) is 0.187. The number of carbonyl (C=O) groups is 2. The fraction of sp³-hybridized carbons (Fsp3) is 0.176. The Morgan fingerprint density at radius 3 is 1.95 bits per heavy atom. The lowest BCUT2D eigenvalue weighted by Crippen LogP contribution is -2.44. The molecule has 0 fully saturated rings.